The average Bonchev–Trinajstić information content (AvgIpc) is 3.19. The molecule has 8 heteroatoms. The number of rotatable bonds is 5. The van der Waals surface area contributed by atoms with Crippen LogP contribution in [0.3, 0.4) is 0 Å². The van der Waals surface area contributed by atoms with Gasteiger partial charge in [-0.2, -0.15) is 0 Å². The van der Waals surface area contributed by atoms with Crippen LogP contribution in [0.15, 0.2) is 43.1 Å². The second-order valence-corrected chi connectivity index (χ2v) is 5.97. The minimum atomic E-state index is -0.492. The molecule has 2 amide bonds. The van der Waals surface area contributed by atoms with Crippen molar-refractivity contribution in [3.8, 4) is 0 Å². The van der Waals surface area contributed by atoms with Gasteiger partial charge >= 0.3 is 0 Å². The van der Waals surface area contributed by atoms with Crippen molar-refractivity contribution in [3.63, 3.8) is 0 Å². The zero-order chi connectivity index (χ0) is 18.8. The lowest BCUT2D eigenvalue weighted by molar-refractivity contribution is -0.122. The number of nitrogens with zero attached hydrogens (tertiary/aromatic N) is 5. The van der Waals surface area contributed by atoms with E-state index < -0.39 is 11.8 Å². The van der Waals surface area contributed by atoms with Gasteiger partial charge in [-0.15, -0.1) is 0 Å². The van der Waals surface area contributed by atoms with Crippen LogP contribution in [0, 0.1) is 6.57 Å². The van der Waals surface area contributed by atoms with Crippen molar-refractivity contribution in [1.29, 1.82) is 0 Å². The SMILES string of the molecule is [C-]#[N+]CCCn1cc(C2=C(c3cnccn3)C(=O)NC2=O)c2cccnc21. The van der Waals surface area contributed by atoms with Crippen molar-refractivity contribution in [2.75, 3.05) is 6.54 Å². The van der Waals surface area contributed by atoms with Gasteiger partial charge in [0, 0.05) is 48.7 Å². The lowest BCUT2D eigenvalue weighted by Crippen LogP contribution is -2.22. The highest BCUT2D eigenvalue weighted by atomic mass is 16.2. The van der Waals surface area contributed by atoms with E-state index >= 15 is 0 Å². The number of imide groups is 1. The fourth-order valence-corrected chi connectivity index (χ4v) is 3.20. The third-order valence-electron chi connectivity index (χ3n) is 4.32. The van der Waals surface area contributed by atoms with E-state index in [1.165, 1.54) is 18.6 Å². The molecular weight excluding hydrogens is 344 g/mol. The molecule has 0 unspecified atom stereocenters. The Bertz CT molecular complexity index is 1120. The molecule has 0 aromatic carbocycles. The Hall–Kier alpha value is -3.86. The molecule has 4 heterocycles. The molecule has 0 saturated heterocycles. The van der Waals surface area contributed by atoms with E-state index in [1.807, 2.05) is 16.8 Å². The van der Waals surface area contributed by atoms with Crippen molar-refractivity contribution in [3.05, 3.63) is 65.8 Å². The zero-order valence-corrected chi connectivity index (χ0v) is 14.2. The predicted octanol–water partition coefficient (Wildman–Crippen LogP) is 1.70. The third kappa shape index (κ3) is 2.85. The van der Waals surface area contributed by atoms with Gasteiger partial charge in [0.25, 0.3) is 11.8 Å². The summed E-state index contributed by atoms with van der Waals surface area (Å²) in [5.74, 6) is -0.960. The molecule has 0 saturated carbocycles. The monoisotopic (exact) mass is 358 g/mol. The number of pyridine rings is 1. The molecule has 132 valence electrons. The van der Waals surface area contributed by atoms with Gasteiger partial charge in [0.1, 0.15) is 5.65 Å². The molecule has 1 aliphatic heterocycles. The van der Waals surface area contributed by atoms with E-state index in [9.17, 15) is 9.59 Å². The fraction of sp³-hybridized carbons (Fsp3) is 0.158. The molecule has 0 aliphatic carbocycles. The first-order valence-electron chi connectivity index (χ1n) is 8.34. The molecule has 1 aliphatic rings. The summed E-state index contributed by atoms with van der Waals surface area (Å²) in [7, 11) is 0. The Balaban J connectivity index is 1.92. The lowest BCUT2D eigenvalue weighted by atomic mass is 10.00. The molecular formula is C19H14N6O2. The van der Waals surface area contributed by atoms with Crippen LogP contribution in [0.4, 0.5) is 0 Å². The number of carbonyl (C=O) groups excluding carboxylic acids is 2. The van der Waals surface area contributed by atoms with Gasteiger partial charge in [-0.25, -0.2) is 11.6 Å². The number of fused-ring (bicyclic) bond motifs is 1. The minimum absolute atomic E-state index is 0.206. The molecule has 0 fully saturated rings. The number of carbonyl (C=O) groups is 2. The van der Waals surface area contributed by atoms with Gasteiger partial charge in [-0.3, -0.25) is 24.9 Å². The number of aryl methyl sites for hydroxylation is 1. The summed E-state index contributed by atoms with van der Waals surface area (Å²) in [5, 5.41) is 3.12. The van der Waals surface area contributed by atoms with Crippen molar-refractivity contribution in [2.45, 2.75) is 13.0 Å². The molecule has 27 heavy (non-hydrogen) atoms. The third-order valence-corrected chi connectivity index (χ3v) is 4.32. The lowest BCUT2D eigenvalue weighted by Gasteiger charge is -2.02. The normalized spacial score (nSPS) is 13.9. The summed E-state index contributed by atoms with van der Waals surface area (Å²) in [5.41, 5.74) is 2.13. The van der Waals surface area contributed by atoms with Crippen molar-refractivity contribution >= 4 is 34.0 Å². The molecule has 0 atom stereocenters. The second kappa shape index (κ2) is 6.80. The number of aromatic nitrogens is 4. The minimum Gasteiger partial charge on any atom is -0.332 e. The summed E-state index contributed by atoms with van der Waals surface area (Å²) in [6.45, 7) is 7.94. The highest BCUT2D eigenvalue weighted by Gasteiger charge is 2.34. The summed E-state index contributed by atoms with van der Waals surface area (Å²) < 4.78 is 1.91. The first-order valence-corrected chi connectivity index (χ1v) is 8.34. The van der Waals surface area contributed by atoms with Crippen LogP contribution in [0.2, 0.25) is 0 Å². The van der Waals surface area contributed by atoms with Crippen LogP contribution >= 0.6 is 0 Å². The van der Waals surface area contributed by atoms with Crippen molar-refractivity contribution < 1.29 is 9.59 Å². The van der Waals surface area contributed by atoms with Gasteiger partial charge in [-0.05, 0) is 12.1 Å². The van der Waals surface area contributed by atoms with Gasteiger partial charge in [0.15, 0.2) is 0 Å². The molecule has 0 radical (unpaired) electrons. The zero-order valence-electron chi connectivity index (χ0n) is 14.2. The second-order valence-electron chi connectivity index (χ2n) is 5.97. The van der Waals surface area contributed by atoms with Crippen LogP contribution in [0.1, 0.15) is 17.7 Å². The Morgan fingerprint density at radius 3 is 2.74 bits per heavy atom. The molecule has 1 N–H and O–H groups in total. The van der Waals surface area contributed by atoms with E-state index in [-0.39, 0.29) is 11.1 Å². The van der Waals surface area contributed by atoms with Crippen LogP contribution < -0.4 is 5.32 Å². The topological polar surface area (TPSA) is 94.1 Å². The first kappa shape index (κ1) is 16.6. The Labute approximate surface area is 154 Å². The molecule has 3 aromatic heterocycles. The predicted molar refractivity (Wildman–Crippen MR) is 97.8 cm³/mol. The van der Waals surface area contributed by atoms with E-state index in [0.717, 1.165) is 5.39 Å². The van der Waals surface area contributed by atoms with Gasteiger partial charge in [-0.1, -0.05) is 0 Å². The Kier molecular flexibility index (Phi) is 4.18. The highest BCUT2D eigenvalue weighted by Crippen LogP contribution is 2.34. The fourth-order valence-electron chi connectivity index (χ4n) is 3.20. The summed E-state index contributed by atoms with van der Waals surface area (Å²) in [4.78, 5) is 40.9. The van der Waals surface area contributed by atoms with E-state index in [0.29, 0.717) is 36.4 Å². The maximum atomic E-state index is 12.6. The highest BCUT2D eigenvalue weighted by molar-refractivity contribution is 6.49. The summed E-state index contributed by atoms with van der Waals surface area (Å²) in [6.07, 6.45) is 8.60. The van der Waals surface area contributed by atoms with E-state index in [1.54, 1.807) is 12.3 Å². The Morgan fingerprint density at radius 1 is 1.11 bits per heavy atom. The van der Waals surface area contributed by atoms with Crippen LogP contribution in [0.25, 0.3) is 27.0 Å². The number of hydrogen-bond acceptors (Lipinski definition) is 5. The molecule has 0 bridgehead atoms. The van der Waals surface area contributed by atoms with E-state index in [4.69, 9.17) is 6.57 Å². The van der Waals surface area contributed by atoms with Gasteiger partial charge < -0.3 is 9.41 Å². The van der Waals surface area contributed by atoms with E-state index in [2.05, 4.69) is 25.1 Å². The van der Waals surface area contributed by atoms with Gasteiger partial charge in [0.2, 0.25) is 6.54 Å². The van der Waals surface area contributed by atoms with Crippen molar-refractivity contribution in [2.24, 2.45) is 0 Å². The maximum Gasteiger partial charge on any atom is 0.261 e. The molecule has 3 aromatic rings. The number of amides is 2. The summed E-state index contributed by atoms with van der Waals surface area (Å²) >= 11 is 0. The van der Waals surface area contributed by atoms with Crippen LogP contribution in [0.5, 0.6) is 0 Å². The van der Waals surface area contributed by atoms with Crippen LogP contribution in [-0.2, 0) is 16.1 Å². The maximum absolute atomic E-state index is 12.6. The quantitative estimate of drug-likeness (QED) is 0.426. The molecule has 4 rings (SSSR count). The smallest absolute Gasteiger partial charge is 0.261 e. The number of nitrogens with one attached hydrogen (secondary N) is 1. The van der Waals surface area contributed by atoms with Crippen molar-refractivity contribution in [1.82, 2.24) is 24.8 Å². The average molecular weight is 358 g/mol. The molecule has 0 spiro atoms. The Morgan fingerprint density at radius 2 is 1.96 bits per heavy atom. The number of hydrogen-bond donors (Lipinski definition) is 1. The molecule has 8 nitrogen and oxygen atoms in total. The largest absolute Gasteiger partial charge is 0.332 e. The standard InChI is InChI=1S/C19H14N6O2/c1-20-5-3-9-25-11-13(12-4-2-6-23-17(12)25)15-16(19(27)24-18(15)26)14-10-21-7-8-22-14/h2,4,6-8,10-11H,3,5,9H2,(H,24,26,27). The summed E-state index contributed by atoms with van der Waals surface area (Å²) in [6, 6.07) is 3.65. The van der Waals surface area contributed by atoms with Gasteiger partial charge in [0.05, 0.1) is 23.0 Å². The van der Waals surface area contributed by atoms with Crippen LogP contribution in [-0.4, -0.2) is 37.9 Å². The first-order chi connectivity index (χ1) is 13.2.